The van der Waals surface area contributed by atoms with Gasteiger partial charge in [0.05, 0.1) is 4.88 Å². The summed E-state index contributed by atoms with van der Waals surface area (Å²) in [7, 11) is -3.76. The van der Waals surface area contributed by atoms with Crippen LogP contribution in [-0.4, -0.2) is 13.4 Å². The van der Waals surface area contributed by atoms with Gasteiger partial charge in [-0.1, -0.05) is 18.3 Å². The molecule has 2 aromatic rings. The molecule has 0 spiro atoms. The number of sulfonamides is 1. The van der Waals surface area contributed by atoms with Crippen molar-refractivity contribution < 1.29 is 17.2 Å². The summed E-state index contributed by atoms with van der Waals surface area (Å²) in [6, 6.07) is 6.07. The summed E-state index contributed by atoms with van der Waals surface area (Å²) in [5.74, 6) is -2.01. The van der Waals surface area contributed by atoms with E-state index in [0.717, 1.165) is 23.5 Å². The fourth-order valence-electron chi connectivity index (χ4n) is 1.50. The Bertz CT molecular complexity index is 788. The molecule has 112 valence electrons. The molecule has 0 bridgehead atoms. The zero-order chi connectivity index (χ0) is 15.6. The minimum absolute atomic E-state index is 0.0490. The standard InChI is InChI=1S/C12H10F2N2O2S3/c13-8-2-1-7(5-9(8)14)6-16-21(17,18)11-4-3-10(20-11)12(15)19/h1-5,16H,6H2,(H2,15,19). The Balaban J connectivity index is 2.13. The Morgan fingerprint density at radius 3 is 2.52 bits per heavy atom. The van der Waals surface area contributed by atoms with Crippen LogP contribution >= 0.6 is 23.6 Å². The lowest BCUT2D eigenvalue weighted by Crippen LogP contribution is -2.22. The molecular weight excluding hydrogens is 338 g/mol. The maximum absolute atomic E-state index is 13.0. The van der Waals surface area contributed by atoms with E-state index < -0.39 is 21.7 Å². The first kappa shape index (κ1) is 16.0. The van der Waals surface area contributed by atoms with Gasteiger partial charge in [0.2, 0.25) is 10.0 Å². The highest BCUT2D eigenvalue weighted by Crippen LogP contribution is 2.21. The molecule has 0 saturated carbocycles. The van der Waals surface area contributed by atoms with E-state index in [9.17, 15) is 17.2 Å². The number of benzene rings is 1. The molecule has 0 amide bonds. The number of halogens is 2. The second-order valence-corrected chi connectivity index (χ2v) is 7.57. The molecule has 9 heteroatoms. The van der Waals surface area contributed by atoms with E-state index in [0.29, 0.717) is 10.4 Å². The van der Waals surface area contributed by atoms with Crippen LogP contribution in [0.1, 0.15) is 10.4 Å². The highest BCUT2D eigenvalue weighted by Gasteiger charge is 2.17. The van der Waals surface area contributed by atoms with E-state index >= 15 is 0 Å². The van der Waals surface area contributed by atoms with Crippen LogP contribution in [0.2, 0.25) is 0 Å². The van der Waals surface area contributed by atoms with Crippen LogP contribution in [0, 0.1) is 11.6 Å². The van der Waals surface area contributed by atoms with Crippen molar-refractivity contribution in [1.82, 2.24) is 4.72 Å². The van der Waals surface area contributed by atoms with Gasteiger partial charge in [-0.05, 0) is 29.8 Å². The number of rotatable bonds is 5. The highest BCUT2D eigenvalue weighted by molar-refractivity contribution is 7.91. The molecular formula is C12H10F2N2O2S3. The van der Waals surface area contributed by atoms with Gasteiger partial charge in [0.1, 0.15) is 9.20 Å². The van der Waals surface area contributed by atoms with E-state index in [1.165, 1.54) is 18.2 Å². The molecule has 21 heavy (non-hydrogen) atoms. The van der Waals surface area contributed by atoms with Crippen molar-refractivity contribution in [2.75, 3.05) is 0 Å². The van der Waals surface area contributed by atoms with Crippen LogP contribution in [-0.2, 0) is 16.6 Å². The zero-order valence-electron chi connectivity index (χ0n) is 10.5. The largest absolute Gasteiger partial charge is 0.389 e. The van der Waals surface area contributed by atoms with Crippen LogP contribution in [0.3, 0.4) is 0 Å². The molecule has 0 radical (unpaired) electrons. The van der Waals surface area contributed by atoms with Gasteiger partial charge in [-0.2, -0.15) is 0 Å². The van der Waals surface area contributed by atoms with Crippen LogP contribution < -0.4 is 10.5 Å². The molecule has 0 unspecified atom stereocenters. The molecule has 0 aliphatic heterocycles. The molecule has 0 aliphatic rings. The Kier molecular flexibility index (Phi) is 4.67. The molecule has 1 aromatic heterocycles. The normalized spacial score (nSPS) is 11.5. The van der Waals surface area contributed by atoms with Crippen molar-refractivity contribution in [2.45, 2.75) is 10.8 Å². The summed E-state index contributed by atoms with van der Waals surface area (Å²) < 4.78 is 52.2. The lowest BCUT2D eigenvalue weighted by Gasteiger charge is -2.05. The van der Waals surface area contributed by atoms with Crippen molar-refractivity contribution >= 4 is 38.6 Å². The third kappa shape index (κ3) is 3.82. The molecule has 3 N–H and O–H groups in total. The van der Waals surface area contributed by atoms with Gasteiger partial charge in [0.15, 0.2) is 11.6 Å². The molecule has 0 fully saturated rings. The van der Waals surface area contributed by atoms with Gasteiger partial charge in [-0.15, -0.1) is 11.3 Å². The predicted octanol–water partition coefficient (Wildman–Crippen LogP) is 2.14. The van der Waals surface area contributed by atoms with Gasteiger partial charge in [0, 0.05) is 6.54 Å². The van der Waals surface area contributed by atoms with Crippen molar-refractivity contribution in [3.05, 3.63) is 52.4 Å². The number of hydrogen-bond donors (Lipinski definition) is 2. The van der Waals surface area contributed by atoms with E-state index in [-0.39, 0.29) is 15.7 Å². The fourth-order valence-corrected chi connectivity index (χ4v) is 3.91. The van der Waals surface area contributed by atoms with E-state index in [2.05, 4.69) is 4.72 Å². The van der Waals surface area contributed by atoms with Gasteiger partial charge >= 0.3 is 0 Å². The van der Waals surface area contributed by atoms with E-state index in [1.807, 2.05) is 0 Å². The first-order valence-electron chi connectivity index (χ1n) is 5.63. The van der Waals surface area contributed by atoms with Gasteiger partial charge < -0.3 is 5.73 Å². The summed E-state index contributed by atoms with van der Waals surface area (Å²) in [6.45, 7) is -0.153. The summed E-state index contributed by atoms with van der Waals surface area (Å²) in [5, 5.41) is 0. The number of nitrogens with one attached hydrogen (secondary N) is 1. The third-order valence-corrected chi connectivity index (χ3v) is 5.90. The molecule has 4 nitrogen and oxygen atoms in total. The number of hydrogen-bond acceptors (Lipinski definition) is 4. The van der Waals surface area contributed by atoms with Gasteiger partial charge in [-0.3, -0.25) is 0 Å². The van der Waals surface area contributed by atoms with Crippen molar-refractivity contribution in [1.29, 1.82) is 0 Å². The quantitative estimate of drug-likeness (QED) is 0.812. The summed E-state index contributed by atoms with van der Waals surface area (Å²) in [5.41, 5.74) is 5.72. The minimum atomic E-state index is -3.76. The molecule has 0 atom stereocenters. The Morgan fingerprint density at radius 2 is 1.95 bits per heavy atom. The van der Waals surface area contributed by atoms with Crippen molar-refractivity contribution in [3.63, 3.8) is 0 Å². The van der Waals surface area contributed by atoms with E-state index in [4.69, 9.17) is 18.0 Å². The monoisotopic (exact) mass is 348 g/mol. The fraction of sp³-hybridized carbons (Fsp3) is 0.0833. The Morgan fingerprint density at radius 1 is 1.24 bits per heavy atom. The molecule has 0 saturated heterocycles. The third-order valence-electron chi connectivity index (χ3n) is 2.54. The maximum atomic E-state index is 13.0. The summed E-state index contributed by atoms with van der Waals surface area (Å²) in [4.78, 5) is 0.597. The lowest BCUT2D eigenvalue weighted by atomic mass is 10.2. The number of thiophene rings is 1. The molecule has 0 aliphatic carbocycles. The molecule has 1 aromatic carbocycles. The number of thiocarbonyl (C=S) groups is 1. The Hall–Kier alpha value is -1.42. The topological polar surface area (TPSA) is 72.2 Å². The van der Waals surface area contributed by atoms with Crippen LogP contribution in [0.25, 0.3) is 0 Å². The molecule has 2 rings (SSSR count). The first-order valence-corrected chi connectivity index (χ1v) is 8.33. The summed E-state index contributed by atoms with van der Waals surface area (Å²) in [6.07, 6.45) is 0. The SMILES string of the molecule is NC(=S)c1ccc(S(=O)(=O)NCc2ccc(F)c(F)c2)s1. The molecule has 1 heterocycles. The average Bonchev–Trinajstić information content (AvgIpc) is 2.91. The summed E-state index contributed by atoms with van der Waals surface area (Å²) >= 11 is 5.70. The van der Waals surface area contributed by atoms with Crippen LogP contribution in [0.4, 0.5) is 8.78 Å². The second kappa shape index (κ2) is 6.14. The Labute approximate surface area is 129 Å². The predicted molar refractivity (Wildman–Crippen MR) is 80.6 cm³/mol. The maximum Gasteiger partial charge on any atom is 0.250 e. The number of nitrogens with two attached hydrogens (primary N) is 1. The lowest BCUT2D eigenvalue weighted by molar-refractivity contribution is 0.506. The second-order valence-electron chi connectivity index (χ2n) is 4.06. The first-order chi connectivity index (χ1) is 9.79. The van der Waals surface area contributed by atoms with Gasteiger partial charge in [0.25, 0.3) is 0 Å². The minimum Gasteiger partial charge on any atom is -0.389 e. The average molecular weight is 348 g/mol. The highest BCUT2D eigenvalue weighted by atomic mass is 32.2. The van der Waals surface area contributed by atoms with Crippen LogP contribution in [0.15, 0.2) is 34.5 Å². The zero-order valence-corrected chi connectivity index (χ0v) is 12.9. The smallest absolute Gasteiger partial charge is 0.250 e. The van der Waals surface area contributed by atoms with Gasteiger partial charge in [-0.25, -0.2) is 21.9 Å². The van der Waals surface area contributed by atoms with Crippen molar-refractivity contribution in [2.24, 2.45) is 5.73 Å². The van der Waals surface area contributed by atoms with Crippen molar-refractivity contribution in [3.8, 4) is 0 Å². The van der Waals surface area contributed by atoms with Crippen LogP contribution in [0.5, 0.6) is 0 Å². The van der Waals surface area contributed by atoms with E-state index in [1.54, 1.807) is 0 Å².